The smallest absolute Gasteiger partial charge is 0.302 e. The van der Waals surface area contributed by atoms with E-state index >= 15 is 0 Å². The summed E-state index contributed by atoms with van der Waals surface area (Å²) in [5, 5.41) is 0. The second-order valence-corrected chi connectivity index (χ2v) is 3.17. The van der Waals surface area contributed by atoms with Gasteiger partial charge in [0.2, 0.25) is 0 Å². The molecule has 2 nitrogen and oxygen atoms in total. The topological polar surface area (TPSA) is 26.3 Å². The summed E-state index contributed by atoms with van der Waals surface area (Å²) in [7, 11) is 0. The van der Waals surface area contributed by atoms with Crippen molar-refractivity contribution in [1.29, 1.82) is 0 Å². The number of carbonyl (C=O) groups is 1. The van der Waals surface area contributed by atoms with Crippen LogP contribution in [0.1, 0.15) is 39.0 Å². The van der Waals surface area contributed by atoms with E-state index in [9.17, 15) is 4.79 Å². The van der Waals surface area contributed by atoms with Crippen LogP contribution in [0.2, 0.25) is 0 Å². The second-order valence-electron chi connectivity index (χ2n) is 3.17. The summed E-state index contributed by atoms with van der Waals surface area (Å²) in [5.74, 6) is -0.194. The van der Waals surface area contributed by atoms with Gasteiger partial charge < -0.3 is 4.74 Å². The van der Waals surface area contributed by atoms with Crippen molar-refractivity contribution < 1.29 is 9.53 Å². The predicted octanol–water partition coefficient (Wildman–Crippen LogP) is 3.24. The maximum Gasteiger partial charge on any atom is 0.302 e. The standard InChI is InChI=1S/C12H20O2/c1-3-4-5-6-7-8-9-10-11-14-12(2)13/h3,7-8H,1,4-6,9-11H2,2H3. The van der Waals surface area contributed by atoms with Crippen LogP contribution in [0, 0.1) is 0 Å². The molecule has 0 heterocycles. The van der Waals surface area contributed by atoms with Crippen molar-refractivity contribution in [2.75, 3.05) is 6.61 Å². The zero-order chi connectivity index (χ0) is 10.6. The first kappa shape index (κ1) is 12.9. The van der Waals surface area contributed by atoms with E-state index in [1.54, 1.807) is 0 Å². The Morgan fingerprint density at radius 1 is 1.21 bits per heavy atom. The van der Waals surface area contributed by atoms with Crippen molar-refractivity contribution in [3.63, 3.8) is 0 Å². The molecule has 0 aliphatic heterocycles. The Bertz CT molecular complexity index is 183. The lowest BCUT2D eigenvalue weighted by atomic mass is 10.2. The van der Waals surface area contributed by atoms with E-state index in [4.69, 9.17) is 4.74 Å². The zero-order valence-electron chi connectivity index (χ0n) is 9.00. The SMILES string of the molecule is C=CCCCC=CCCCOC(C)=O. The van der Waals surface area contributed by atoms with Gasteiger partial charge in [-0.25, -0.2) is 0 Å². The van der Waals surface area contributed by atoms with Crippen LogP contribution < -0.4 is 0 Å². The van der Waals surface area contributed by atoms with Gasteiger partial charge in [-0.2, -0.15) is 0 Å². The van der Waals surface area contributed by atoms with E-state index in [1.807, 2.05) is 6.08 Å². The molecule has 0 atom stereocenters. The third kappa shape index (κ3) is 11.0. The fraction of sp³-hybridized carbons (Fsp3) is 0.583. The lowest BCUT2D eigenvalue weighted by Gasteiger charge is -1.98. The van der Waals surface area contributed by atoms with Crippen LogP contribution in [-0.2, 0) is 9.53 Å². The average Bonchev–Trinajstić information content (AvgIpc) is 2.15. The van der Waals surface area contributed by atoms with Crippen LogP contribution in [0.5, 0.6) is 0 Å². The van der Waals surface area contributed by atoms with Gasteiger partial charge in [-0.3, -0.25) is 4.79 Å². The van der Waals surface area contributed by atoms with Gasteiger partial charge in [-0.1, -0.05) is 18.2 Å². The van der Waals surface area contributed by atoms with Gasteiger partial charge in [0.15, 0.2) is 0 Å². The Kier molecular flexibility index (Phi) is 9.28. The van der Waals surface area contributed by atoms with Crippen LogP contribution in [0.15, 0.2) is 24.8 Å². The van der Waals surface area contributed by atoms with Gasteiger partial charge in [-0.05, 0) is 32.1 Å². The number of rotatable bonds is 8. The van der Waals surface area contributed by atoms with Crippen molar-refractivity contribution in [3.05, 3.63) is 24.8 Å². The summed E-state index contributed by atoms with van der Waals surface area (Å²) in [6.45, 7) is 5.63. The minimum absolute atomic E-state index is 0.194. The van der Waals surface area contributed by atoms with Crippen LogP contribution in [0.25, 0.3) is 0 Å². The summed E-state index contributed by atoms with van der Waals surface area (Å²) >= 11 is 0. The van der Waals surface area contributed by atoms with Gasteiger partial charge in [-0.15, -0.1) is 6.58 Å². The average molecular weight is 196 g/mol. The van der Waals surface area contributed by atoms with Crippen molar-refractivity contribution in [2.45, 2.75) is 39.0 Å². The molecule has 0 aromatic heterocycles. The molecule has 80 valence electrons. The molecule has 0 fully saturated rings. The molecule has 0 aliphatic carbocycles. The monoisotopic (exact) mass is 196 g/mol. The Morgan fingerprint density at radius 2 is 1.86 bits per heavy atom. The van der Waals surface area contributed by atoms with E-state index in [2.05, 4.69) is 18.7 Å². The maximum absolute atomic E-state index is 10.4. The highest BCUT2D eigenvalue weighted by molar-refractivity contribution is 5.65. The van der Waals surface area contributed by atoms with Gasteiger partial charge in [0, 0.05) is 6.92 Å². The Morgan fingerprint density at radius 3 is 2.43 bits per heavy atom. The Balaban J connectivity index is 3.10. The number of esters is 1. The van der Waals surface area contributed by atoms with Crippen LogP contribution >= 0.6 is 0 Å². The molecule has 0 saturated heterocycles. The number of unbranched alkanes of at least 4 members (excludes halogenated alkanes) is 3. The number of allylic oxidation sites excluding steroid dienone is 3. The highest BCUT2D eigenvalue weighted by atomic mass is 16.5. The molecule has 14 heavy (non-hydrogen) atoms. The molecule has 0 radical (unpaired) electrons. The van der Waals surface area contributed by atoms with Gasteiger partial charge in [0.25, 0.3) is 0 Å². The zero-order valence-corrected chi connectivity index (χ0v) is 9.00. The van der Waals surface area contributed by atoms with E-state index in [0.29, 0.717) is 6.61 Å². The number of ether oxygens (including phenoxy) is 1. The molecule has 0 rings (SSSR count). The lowest BCUT2D eigenvalue weighted by Crippen LogP contribution is -1.99. The quantitative estimate of drug-likeness (QED) is 0.338. The fourth-order valence-corrected chi connectivity index (χ4v) is 1.03. The second kappa shape index (κ2) is 10.0. The molecular weight excluding hydrogens is 176 g/mol. The molecule has 0 saturated carbocycles. The summed E-state index contributed by atoms with van der Waals surface area (Å²) in [4.78, 5) is 10.4. The Hall–Kier alpha value is -1.05. The van der Waals surface area contributed by atoms with Crippen LogP contribution in [0.3, 0.4) is 0 Å². The third-order valence-electron chi connectivity index (χ3n) is 1.77. The third-order valence-corrected chi connectivity index (χ3v) is 1.77. The van der Waals surface area contributed by atoms with Crippen LogP contribution in [0.4, 0.5) is 0 Å². The lowest BCUT2D eigenvalue weighted by molar-refractivity contribution is -0.141. The molecule has 2 heteroatoms. The van der Waals surface area contributed by atoms with Crippen molar-refractivity contribution in [1.82, 2.24) is 0 Å². The molecule has 0 aromatic rings. The van der Waals surface area contributed by atoms with Gasteiger partial charge in [0.1, 0.15) is 0 Å². The minimum Gasteiger partial charge on any atom is -0.466 e. The summed E-state index contributed by atoms with van der Waals surface area (Å²) in [6, 6.07) is 0. The van der Waals surface area contributed by atoms with Gasteiger partial charge in [0.05, 0.1) is 6.61 Å². The minimum atomic E-state index is -0.194. The maximum atomic E-state index is 10.4. The number of hydrogen-bond donors (Lipinski definition) is 0. The van der Waals surface area contributed by atoms with Crippen molar-refractivity contribution >= 4 is 5.97 Å². The first-order valence-corrected chi connectivity index (χ1v) is 5.16. The van der Waals surface area contributed by atoms with Crippen molar-refractivity contribution in [2.24, 2.45) is 0 Å². The molecule has 0 unspecified atom stereocenters. The summed E-state index contributed by atoms with van der Waals surface area (Å²) < 4.78 is 4.80. The van der Waals surface area contributed by atoms with Crippen molar-refractivity contribution in [3.8, 4) is 0 Å². The number of hydrogen-bond acceptors (Lipinski definition) is 2. The first-order valence-electron chi connectivity index (χ1n) is 5.16. The molecular formula is C12H20O2. The predicted molar refractivity (Wildman–Crippen MR) is 59.1 cm³/mol. The Labute approximate surface area is 86.6 Å². The molecule has 0 aromatic carbocycles. The summed E-state index contributed by atoms with van der Waals surface area (Å²) in [5.41, 5.74) is 0. The van der Waals surface area contributed by atoms with E-state index in [0.717, 1.165) is 25.7 Å². The largest absolute Gasteiger partial charge is 0.466 e. The molecule has 0 bridgehead atoms. The van der Waals surface area contributed by atoms with E-state index in [1.165, 1.54) is 13.3 Å². The molecule has 0 N–H and O–H groups in total. The van der Waals surface area contributed by atoms with E-state index in [-0.39, 0.29) is 5.97 Å². The highest BCUT2D eigenvalue weighted by Gasteiger charge is 1.89. The first-order chi connectivity index (χ1) is 6.77. The fourth-order valence-electron chi connectivity index (χ4n) is 1.03. The molecule has 0 spiro atoms. The van der Waals surface area contributed by atoms with E-state index < -0.39 is 0 Å². The molecule has 0 aliphatic rings. The number of carbonyl (C=O) groups excluding carboxylic acids is 1. The normalized spacial score (nSPS) is 10.4. The highest BCUT2D eigenvalue weighted by Crippen LogP contribution is 1.99. The molecule has 0 amide bonds. The van der Waals surface area contributed by atoms with Crippen LogP contribution in [-0.4, -0.2) is 12.6 Å². The summed E-state index contributed by atoms with van der Waals surface area (Å²) in [6.07, 6.45) is 11.5. The van der Waals surface area contributed by atoms with Gasteiger partial charge >= 0.3 is 5.97 Å².